The van der Waals surface area contributed by atoms with Crippen molar-refractivity contribution in [2.75, 3.05) is 14.2 Å². The van der Waals surface area contributed by atoms with Crippen LogP contribution in [0.2, 0.25) is 0 Å². The van der Waals surface area contributed by atoms with Crippen molar-refractivity contribution in [2.24, 2.45) is 22.1 Å². The summed E-state index contributed by atoms with van der Waals surface area (Å²) in [6, 6.07) is 6.74. The molecule has 0 saturated carbocycles. The summed E-state index contributed by atoms with van der Waals surface area (Å²) in [6.45, 7) is 2.80. The molecule has 0 aliphatic carbocycles. The number of hydrogen-bond acceptors (Lipinski definition) is 9. The lowest BCUT2D eigenvalue weighted by molar-refractivity contribution is -0.161. The molecule has 8 nitrogen and oxygen atoms in total. The van der Waals surface area contributed by atoms with Gasteiger partial charge in [-0.05, 0) is 26.0 Å². The second-order valence-electron chi connectivity index (χ2n) is 5.58. The van der Waals surface area contributed by atoms with Gasteiger partial charge in [-0.2, -0.15) is 5.11 Å². The zero-order valence-electron chi connectivity index (χ0n) is 14.8. The number of thiazole rings is 1. The van der Waals surface area contributed by atoms with Crippen LogP contribution in [0.5, 0.6) is 0 Å². The summed E-state index contributed by atoms with van der Waals surface area (Å²) in [5.74, 6) is -4.49. The standard InChI is InChI=1S/C17H19N3O5S/c1-9(13(15(22)24-3)14(10(2)21)16(23)25-4)19-20-17-18-11-7-5-6-8-12(11)26-17/h5-9,13-14H,1-4H3. The average Bonchev–Trinajstić information content (AvgIpc) is 3.05. The molecule has 2 rings (SSSR count). The highest BCUT2D eigenvalue weighted by atomic mass is 32.1. The highest BCUT2D eigenvalue weighted by Gasteiger charge is 2.42. The summed E-state index contributed by atoms with van der Waals surface area (Å²) in [4.78, 5) is 40.4. The van der Waals surface area contributed by atoms with Crippen molar-refractivity contribution in [3.8, 4) is 0 Å². The van der Waals surface area contributed by atoms with Crippen molar-refractivity contribution in [1.29, 1.82) is 0 Å². The van der Waals surface area contributed by atoms with Gasteiger partial charge >= 0.3 is 11.9 Å². The third kappa shape index (κ3) is 4.29. The van der Waals surface area contributed by atoms with E-state index in [0.29, 0.717) is 5.13 Å². The van der Waals surface area contributed by atoms with Gasteiger partial charge in [0.25, 0.3) is 0 Å². The van der Waals surface area contributed by atoms with Crippen LogP contribution in [0.15, 0.2) is 34.5 Å². The summed E-state index contributed by atoms with van der Waals surface area (Å²) >= 11 is 1.34. The average molecular weight is 377 g/mol. The largest absolute Gasteiger partial charge is 0.469 e. The van der Waals surface area contributed by atoms with Crippen LogP contribution >= 0.6 is 11.3 Å². The van der Waals surface area contributed by atoms with E-state index in [1.165, 1.54) is 25.4 Å². The Morgan fingerprint density at radius 3 is 2.35 bits per heavy atom. The van der Waals surface area contributed by atoms with Gasteiger partial charge in [0.15, 0.2) is 0 Å². The predicted octanol–water partition coefficient (Wildman–Crippen LogP) is 2.94. The van der Waals surface area contributed by atoms with Crippen LogP contribution in [0, 0.1) is 11.8 Å². The quantitative estimate of drug-likeness (QED) is 0.417. The van der Waals surface area contributed by atoms with Crippen LogP contribution in [0.4, 0.5) is 5.13 Å². The zero-order valence-corrected chi connectivity index (χ0v) is 15.6. The van der Waals surface area contributed by atoms with Crippen LogP contribution < -0.4 is 0 Å². The molecule has 0 N–H and O–H groups in total. The van der Waals surface area contributed by atoms with Crippen LogP contribution in [-0.4, -0.2) is 43.0 Å². The molecule has 1 heterocycles. The number of Topliss-reactive ketones (excluding diaryl/α,β-unsaturated/α-hetero) is 1. The molecule has 0 aliphatic heterocycles. The first-order chi connectivity index (χ1) is 12.4. The van der Waals surface area contributed by atoms with Gasteiger partial charge in [-0.25, -0.2) is 4.98 Å². The number of carbonyl (C=O) groups excluding carboxylic acids is 3. The molecule has 138 valence electrons. The Labute approximate surface area is 154 Å². The third-order valence-corrected chi connectivity index (χ3v) is 4.77. The summed E-state index contributed by atoms with van der Waals surface area (Å²) in [6.07, 6.45) is 0. The normalized spacial score (nSPS) is 14.8. The Hall–Kier alpha value is -2.68. The smallest absolute Gasteiger partial charge is 0.317 e. The molecule has 9 heteroatoms. The lowest BCUT2D eigenvalue weighted by atomic mass is 9.84. The number of ketones is 1. The summed E-state index contributed by atoms with van der Waals surface area (Å²) in [7, 11) is 2.33. The summed E-state index contributed by atoms with van der Waals surface area (Å²) < 4.78 is 10.4. The molecule has 0 aliphatic rings. The fraction of sp³-hybridized carbons (Fsp3) is 0.412. The zero-order chi connectivity index (χ0) is 19.3. The van der Waals surface area contributed by atoms with Crippen molar-refractivity contribution in [1.82, 2.24) is 4.98 Å². The number of ether oxygens (including phenoxy) is 2. The van der Waals surface area contributed by atoms with E-state index in [0.717, 1.165) is 17.3 Å². The Morgan fingerprint density at radius 1 is 1.12 bits per heavy atom. The molecule has 0 radical (unpaired) electrons. The molecule has 0 spiro atoms. The van der Waals surface area contributed by atoms with E-state index in [2.05, 4.69) is 19.9 Å². The highest BCUT2D eigenvalue weighted by Crippen LogP contribution is 2.29. The van der Waals surface area contributed by atoms with Gasteiger partial charge in [-0.3, -0.25) is 14.4 Å². The molecule has 0 bridgehead atoms. The summed E-state index contributed by atoms with van der Waals surface area (Å²) in [5, 5.41) is 8.58. The molecule has 26 heavy (non-hydrogen) atoms. The SMILES string of the molecule is COC(=O)C(C(C)=O)C(C(=O)OC)C(C)N=Nc1nc2ccccc2s1. The number of hydrogen-bond donors (Lipinski definition) is 0. The fourth-order valence-corrected chi connectivity index (χ4v) is 3.35. The van der Waals surface area contributed by atoms with Crippen LogP contribution in [0.1, 0.15) is 13.8 Å². The van der Waals surface area contributed by atoms with Crippen LogP contribution in [0.3, 0.4) is 0 Å². The minimum absolute atomic E-state index is 0.416. The topological polar surface area (TPSA) is 107 Å². The number of benzene rings is 1. The number of aromatic nitrogens is 1. The first-order valence-corrected chi connectivity index (χ1v) is 8.63. The van der Waals surface area contributed by atoms with Crippen molar-refractivity contribution in [3.63, 3.8) is 0 Å². The van der Waals surface area contributed by atoms with Crippen molar-refractivity contribution >= 4 is 44.4 Å². The van der Waals surface area contributed by atoms with E-state index < -0.39 is 35.6 Å². The second kappa shape index (κ2) is 8.61. The van der Waals surface area contributed by atoms with E-state index in [4.69, 9.17) is 4.74 Å². The van der Waals surface area contributed by atoms with E-state index >= 15 is 0 Å². The molecule has 3 unspecified atom stereocenters. The Kier molecular flexibility index (Phi) is 6.51. The minimum atomic E-state index is -1.31. The van der Waals surface area contributed by atoms with Crippen LogP contribution in [-0.2, 0) is 23.9 Å². The maximum absolute atomic E-state index is 12.2. The monoisotopic (exact) mass is 377 g/mol. The third-order valence-electron chi connectivity index (χ3n) is 3.85. The number of fused-ring (bicyclic) bond motifs is 1. The van der Waals surface area contributed by atoms with Gasteiger partial charge in [-0.1, -0.05) is 23.5 Å². The number of para-hydroxylation sites is 1. The van der Waals surface area contributed by atoms with Gasteiger partial charge < -0.3 is 9.47 Å². The van der Waals surface area contributed by atoms with E-state index in [-0.39, 0.29) is 0 Å². The minimum Gasteiger partial charge on any atom is -0.469 e. The van der Waals surface area contributed by atoms with Gasteiger partial charge in [0.2, 0.25) is 5.13 Å². The van der Waals surface area contributed by atoms with Crippen molar-refractivity contribution in [2.45, 2.75) is 19.9 Å². The van der Waals surface area contributed by atoms with Crippen molar-refractivity contribution < 1.29 is 23.9 Å². The van der Waals surface area contributed by atoms with E-state index in [1.807, 2.05) is 24.3 Å². The fourth-order valence-electron chi connectivity index (χ4n) is 2.56. The number of carbonyl (C=O) groups is 3. The van der Waals surface area contributed by atoms with Gasteiger partial charge in [0, 0.05) is 0 Å². The molecule has 0 saturated heterocycles. The molecule has 0 amide bonds. The number of rotatable bonds is 7. The Bertz CT molecular complexity index is 815. The lowest BCUT2D eigenvalue weighted by Crippen LogP contribution is -2.41. The first-order valence-electron chi connectivity index (χ1n) is 7.81. The highest BCUT2D eigenvalue weighted by molar-refractivity contribution is 7.21. The van der Waals surface area contributed by atoms with Gasteiger partial charge in [-0.15, -0.1) is 5.11 Å². The molecule has 1 aromatic carbocycles. The maximum atomic E-state index is 12.2. The molecular weight excluding hydrogens is 358 g/mol. The lowest BCUT2D eigenvalue weighted by Gasteiger charge is -2.23. The van der Waals surface area contributed by atoms with Crippen LogP contribution in [0.25, 0.3) is 10.2 Å². The second-order valence-corrected chi connectivity index (χ2v) is 6.59. The Morgan fingerprint density at radius 2 is 1.77 bits per heavy atom. The molecule has 1 aromatic heterocycles. The maximum Gasteiger partial charge on any atom is 0.317 e. The number of nitrogens with zero attached hydrogens (tertiary/aromatic N) is 3. The van der Waals surface area contributed by atoms with E-state index in [9.17, 15) is 14.4 Å². The van der Waals surface area contributed by atoms with Crippen molar-refractivity contribution in [3.05, 3.63) is 24.3 Å². The molecule has 0 fully saturated rings. The number of methoxy groups -OCH3 is 2. The predicted molar refractivity (Wildman–Crippen MR) is 95.3 cm³/mol. The van der Waals surface area contributed by atoms with Gasteiger partial charge in [0.05, 0.1) is 30.5 Å². The van der Waals surface area contributed by atoms with E-state index in [1.54, 1.807) is 6.92 Å². The summed E-state index contributed by atoms with van der Waals surface area (Å²) in [5.41, 5.74) is 0.791. The number of esters is 2. The molecular formula is C17H19N3O5S. The first kappa shape index (κ1) is 19.6. The van der Waals surface area contributed by atoms with Gasteiger partial charge in [0.1, 0.15) is 17.6 Å². The number of azo groups is 1. The molecule has 3 atom stereocenters. The molecule has 2 aromatic rings. The Balaban J connectivity index is 2.30.